The lowest BCUT2D eigenvalue weighted by molar-refractivity contribution is -0.166. The highest BCUT2D eigenvalue weighted by Gasteiger charge is 2.50. The molecule has 3 saturated carbocycles. The molecule has 184 valence electrons. The van der Waals surface area contributed by atoms with Crippen LogP contribution in [-0.4, -0.2) is 34.9 Å². The maximum absolute atomic E-state index is 12.7. The number of aliphatic hydroxyl groups is 2. The molecule has 3 N–H and O–H groups in total. The number of carbonyl (C=O) groups excluding carboxylic acids is 1. The van der Waals surface area contributed by atoms with E-state index in [4.69, 9.17) is 0 Å². The number of carbonyl (C=O) groups is 1. The fourth-order valence-electron chi connectivity index (χ4n) is 7.53. The first-order chi connectivity index (χ1) is 15.7. The maximum Gasteiger partial charge on any atom is 0.166 e. The topological polar surface area (TPSA) is 69.6 Å². The van der Waals surface area contributed by atoms with Crippen LogP contribution in [0.4, 0.5) is 0 Å². The summed E-state index contributed by atoms with van der Waals surface area (Å²) >= 11 is 0. The second kappa shape index (κ2) is 10.2. The number of allylic oxidation sites excluding steroid dienone is 4. The maximum atomic E-state index is 12.7. The summed E-state index contributed by atoms with van der Waals surface area (Å²) in [6.07, 6.45) is 15.8. The predicted molar refractivity (Wildman–Crippen MR) is 133 cm³/mol. The minimum absolute atomic E-state index is 0.237. The summed E-state index contributed by atoms with van der Waals surface area (Å²) in [5, 5.41) is 23.6. The summed E-state index contributed by atoms with van der Waals surface area (Å²) in [6.45, 7) is 11.0. The van der Waals surface area contributed by atoms with E-state index in [0.717, 1.165) is 56.3 Å². The van der Waals surface area contributed by atoms with Crippen molar-refractivity contribution in [2.75, 3.05) is 13.1 Å². The van der Waals surface area contributed by atoms with Gasteiger partial charge < -0.3 is 15.5 Å². The molecule has 33 heavy (non-hydrogen) atoms. The van der Waals surface area contributed by atoms with Crippen LogP contribution in [0.1, 0.15) is 90.9 Å². The lowest BCUT2D eigenvalue weighted by atomic mass is 9.60. The van der Waals surface area contributed by atoms with Crippen LogP contribution in [0.2, 0.25) is 0 Å². The fraction of sp³-hybridized carbons (Fsp3) is 0.759. The average Bonchev–Trinajstić information content (AvgIpc) is 3.16. The zero-order valence-corrected chi connectivity index (χ0v) is 20.9. The number of rotatable bonds is 6. The van der Waals surface area contributed by atoms with Gasteiger partial charge >= 0.3 is 0 Å². The molecule has 0 amide bonds. The third kappa shape index (κ3) is 5.55. The van der Waals surface area contributed by atoms with E-state index in [1.165, 1.54) is 31.3 Å². The molecule has 5 atom stereocenters. The minimum Gasteiger partial charge on any atom is -0.365 e. The molecule has 1 saturated heterocycles. The molecule has 0 spiro atoms. The van der Waals surface area contributed by atoms with E-state index in [1.807, 2.05) is 0 Å². The van der Waals surface area contributed by atoms with Crippen molar-refractivity contribution in [2.45, 2.75) is 96.7 Å². The smallest absolute Gasteiger partial charge is 0.166 e. The molecular formula is C29H45NO3. The molecular weight excluding hydrogens is 410 g/mol. The Morgan fingerprint density at radius 3 is 2.76 bits per heavy atom. The van der Waals surface area contributed by atoms with Crippen molar-refractivity contribution < 1.29 is 15.0 Å². The molecule has 2 unspecified atom stereocenters. The van der Waals surface area contributed by atoms with Crippen molar-refractivity contribution in [1.29, 1.82) is 0 Å². The summed E-state index contributed by atoms with van der Waals surface area (Å²) in [6, 6.07) is 0. The first-order valence-corrected chi connectivity index (χ1v) is 13.5. The Hall–Kier alpha value is -1.23. The highest BCUT2D eigenvalue weighted by atomic mass is 16.5. The van der Waals surface area contributed by atoms with Crippen LogP contribution >= 0.6 is 0 Å². The molecule has 3 aliphatic carbocycles. The van der Waals surface area contributed by atoms with Crippen molar-refractivity contribution >= 4 is 5.78 Å². The molecule has 0 aromatic heterocycles. The van der Waals surface area contributed by atoms with Crippen LogP contribution in [-0.2, 0) is 4.79 Å². The summed E-state index contributed by atoms with van der Waals surface area (Å²) in [4.78, 5) is 12.7. The molecule has 0 aromatic carbocycles. The van der Waals surface area contributed by atoms with Crippen LogP contribution in [0, 0.1) is 29.1 Å². The van der Waals surface area contributed by atoms with Gasteiger partial charge in [0.15, 0.2) is 5.79 Å². The Kier molecular flexibility index (Phi) is 7.67. The third-order valence-electron chi connectivity index (χ3n) is 9.58. The largest absolute Gasteiger partial charge is 0.365 e. The molecule has 4 fully saturated rings. The summed E-state index contributed by atoms with van der Waals surface area (Å²) < 4.78 is 0. The summed E-state index contributed by atoms with van der Waals surface area (Å²) in [5.41, 5.74) is 3.89. The Balaban J connectivity index is 1.40. The summed E-state index contributed by atoms with van der Waals surface area (Å²) in [5.74, 6) is 0.996. The van der Waals surface area contributed by atoms with Crippen LogP contribution in [0.15, 0.2) is 35.5 Å². The van der Waals surface area contributed by atoms with Gasteiger partial charge in [-0.25, -0.2) is 0 Å². The fourth-order valence-corrected chi connectivity index (χ4v) is 7.53. The highest BCUT2D eigenvalue weighted by molar-refractivity contribution is 5.81. The molecule has 0 radical (unpaired) electrons. The molecule has 0 bridgehead atoms. The molecule has 1 aliphatic heterocycles. The van der Waals surface area contributed by atoms with Crippen LogP contribution in [0.5, 0.6) is 0 Å². The third-order valence-corrected chi connectivity index (χ3v) is 9.58. The minimum atomic E-state index is -1.59. The van der Waals surface area contributed by atoms with Crippen molar-refractivity contribution in [2.24, 2.45) is 29.1 Å². The first-order valence-electron chi connectivity index (χ1n) is 13.5. The van der Waals surface area contributed by atoms with Crippen LogP contribution in [0.25, 0.3) is 0 Å². The second-order valence-electron chi connectivity index (χ2n) is 11.8. The number of piperidine rings is 1. The van der Waals surface area contributed by atoms with Gasteiger partial charge in [0.2, 0.25) is 0 Å². The number of ketones is 1. The number of hydrogen-bond acceptors (Lipinski definition) is 4. The molecule has 4 heteroatoms. The first kappa shape index (κ1) is 24.9. The van der Waals surface area contributed by atoms with Gasteiger partial charge in [-0.3, -0.25) is 4.79 Å². The van der Waals surface area contributed by atoms with Crippen molar-refractivity contribution in [3.8, 4) is 0 Å². The van der Waals surface area contributed by atoms with E-state index in [0.29, 0.717) is 41.8 Å². The van der Waals surface area contributed by atoms with Crippen molar-refractivity contribution in [3.63, 3.8) is 0 Å². The zero-order valence-electron chi connectivity index (χ0n) is 20.9. The Labute approximate surface area is 200 Å². The van der Waals surface area contributed by atoms with Crippen molar-refractivity contribution in [3.05, 3.63) is 35.5 Å². The Bertz CT molecular complexity index is 804. The SMILES string of the molecule is C=C1CCC(O)(O)CC1=CC=C1CCC[C@@]2(C)C1CC[C@@H]2[C@H](C)CCC(=O)C1CCCNC1. The van der Waals surface area contributed by atoms with E-state index in [1.54, 1.807) is 0 Å². The second-order valence-corrected chi connectivity index (χ2v) is 11.8. The van der Waals surface area contributed by atoms with Gasteiger partial charge in [-0.05, 0) is 93.1 Å². The lowest BCUT2D eigenvalue weighted by Crippen LogP contribution is -2.37. The number of hydrogen-bond donors (Lipinski definition) is 3. The Morgan fingerprint density at radius 1 is 1.18 bits per heavy atom. The average molecular weight is 456 g/mol. The molecule has 4 rings (SSSR count). The van der Waals surface area contributed by atoms with Gasteiger partial charge in [0.25, 0.3) is 0 Å². The van der Waals surface area contributed by atoms with E-state index < -0.39 is 5.79 Å². The Morgan fingerprint density at radius 2 is 2.00 bits per heavy atom. The van der Waals surface area contributed by atoms with Gasteiger partial charge in [-0.1, -0.05) is 43.7 Å². The van der Waals surface area contributed by atoms with E-state index in [-0.39, 0.29) is 12.3 Å². The van der Waals surface area contributed by atoms with E-state index in [2.05, 4.69) is 37.9 Å². The van der Waals surface area contributed by atoms with Crippen molar-refractivity contribution in [1.82, 2.24) is 5.32 Å². The lowest BCUT2D eigenvalue weighted by Gasteiger charge is -2.44. The van der Waals surface area contributed by atoms with E-state index >= 15 is 0 Å². The molecule has 0 aromatic rings. The number of Topliss-reactive ketones (excluding diaryl/α,β-unsaturated/α-hetero) is 1. The summed E-state index contributed by atoms with van der Waals surface area (Å²) in [7, 11) is 0. The molecule has 4 aliphatic rings. The standard InChI is InChI=1S/C29H45NO3/c1-20-14-16-29(32,33)18-23(20)10-9-22-6-4-15-28(3)25(11-12-26(22)28)21(2)8-13-27(31)24-7-5-17-30-19-24/h9-10,21,24-26,30,32-33H,1,4-8,11-19H2,2-3H3/t21-,24?,25-,26?,28-/m1/s1. The van der Waals surface area contributed by atoms with Gasteiger partial charge in [0, 0.05) is 31.7 Å². The molecule has 1 heterocycles. The molecule has 4 nitrogen and oxygen atoms in total. The van der Waals surface area contributed by atoms with E-state index in [9.17, 15) is 15.0 Å². The van der Waals surface area contributed by atoms with Gasteiger partial charge in [-0.15, -0.1) is 0 Å². The zero-order chi connectivity index (χ0) is 23.6. The predicted octanol–water partition coefficient (Wildman–Crippen LogP) is 5.46. The van der Waals surface area contributed by atoms with Gasteiger partial charge in [0.05, 0.1) is 0 Å². The number of fused-ring (bicyclic) bond motifs is 1. The monoisotopic (exact) mass is 455 g/mol. The normalized spacial score (nSPS) is 37.8. The van der Waals surface area contributed by atoms with Crippen LogP contribution in [0.3, 0.4) is 0 Å². The quantitative estimate of drug-likeness (QED) is 0.465. The number of nitrogens with one attached hydrogen (secondary N) is 1. The highest BCUT2D eigenvalue weighted by Crippen LogP contribution is 2.60. The van der Waals surface area contributed by atoms with Gasteiger partial charge in [-0.2, -0.15) is 0 Å². The van der Waals surface area contributed by atoms with Crippen LogP contribution < -0.4 is 5.32 Å². The van der Waals surface area contributed by atoms with Gasteiger partial charge in [0.1, 0.15) is 5.78 Å².